The van der Waals surface area contributed by atoms with Gasteiger partial charge in [-0.1, -0.05) is 6.07 Å². The van der Waals surface area contributed by atoms with E-state index in [1.165, 1.54) is 20.8 Å². The van der Waals surface area contributed by atoms with E-state index in [0.29, 0.717) is 18.7 Å². The molecule has 202 valence electrons. The average molecular weight is 546 g/mol. The minimum absolute atomic E-state index is 0.00180. The lowest BCUT2D eigenvalue weighted by atomic mass is 10.1. The van der Waals surface area contributed by atoms with E-state index in [4.69, 9.17) is 0 Å². The van der Waals surface area contributed by atoms with Crippen LogP contribution in [0.1, 0.15) is 23.7 Å². The molecule has 12 heteroatoms. The fourth-order valence-corrected chi connectivity index (χ4v) is 5.48. The zero-order valence-electron chi connectivity index (χ0n) is 22.1. The Bertz CT molecular complexity index is 1550. The molecule has 3 N–H and O–H groups in total. The first kappa shape index (κ1) is 26.3. The Labute approximate surface area is 230 Å². The largest absolute Gasteiger partial charge is 0.381 e. The number of allylic oxidation sites excluding steroid dienone is 1. The minimum atomic E-state index is -0.0772. The van der Waals surface area contributed by atoms with Gasteiger partial charge in [0, 0.05) is 73.9 Å². The smallest absolute Gasteiger partial charge is 0.238 e. The first-order valence-electron chi connectivity index (χ1n) is 12.7. The van der Waals surface area contributed by atoms with Crippen LogP contribution in [0.15, 0.2) is 66.8 Å². The number of hydrogen-bond donors (Lipinski definition) is 3. The number of carbonyl (C=O) groups is 2. The summed E-state index contributed by atoms with van der Waals surface area (Å²) < 4.78 is 3.73. The highest BCUT2D eigenvalue weighted by atomic mass is 32.1. The predicted octanol–water partition coefficient (Wildman–Crippen LogP) is 2.12. The minimum Gasteiger partial charge on any atom is -0.381 e. The van der Waals surface area contributed by atoms with E-state index >= 15 is 0 Å². The third-order valence-electron chi connectivity index (χ3n) is 6.54. The van der Waals surface area contributed by atoms with Gasteiger partial charge in [-0.25, -0.2) is 4.52 Å². The van der Waals surface area contributed by atoms with Crippen LogP contribution in [0.5, 0.6) is 0 Å². The Morgan fingerprint density at radius 2 is 2.15 bits per heavy atom. The van der Waals surface area contributed by atoms with Crippen LogP contribution in [0, 0.1) is 6.92 Å². The molecule has 0 radical (unpaired) electrons. The first-order valence-corrected chi connectivity index (χ1v) is 13.5. The molecular formula is C27H31N9O2S. The summed E-state index contributed by atoms with van der Waals surface area (Å²) >= 11 is 1.74. The summed E-state index contributed by atoms with van der Waals surface area (Å²) in [5.74, 6) is -0.0772. The topological polar surface area (TPSA) is 121 Å². The molecule has 2 amide bonds. The number of pyridine rings is 1. The van der Waals surface area contributed by atoms with E-state index in [2.05, 4.69) is 49.0 Å². The maximum Gasteiger partial charge on any atom is 0.238 e. The number of fused-ring (bicyclic) bond motifs is 2. The highest BCUT2D eigenvalue weighted by Gasteiger charge is 2.20. The van der Waals surface area contributed by atoms with Crippen LogP contribution in [0.25, 0.3) is 15.3 Å². The number of carbonyl (C=O) groups excluding carboxylic acids is 2. The monoisotopic (exact) mass is 545 g/mol. The van der Waals surface area contributed by atoms with E-state index in [1.807, 2.05) is 60.2 Å². The number of aromatic nitrogens is 5. The van der Waals surface area contributed by atoms with Crippen LogP contribution >= 0.6 is 11.3 Å². The highest BCUT2D eigenvalue weighted by Crippen LogP contribution is 2.29. The zero-order chi connectivity index (χ0) is 27.4. The lowest BCUT2D eigenvalue weighted by molar-refractivity contribution is -0.121. The van der Waals surface area contributed by atoms with Gasteiger partial charge in [0.05, 0.1) is 35.6 Å². The molecular weight excluding hydrogens is 514 g/mol. The number of thiazole rings is 1. The van der Waals surface area contributed by atoms with Gasteiger partial charge < -0.3 is 16.0 Å². The maximum atomic E-state index is 12.3. The lowest BCUT2D eigenvalue weighted by Crippen LogP contribution is -2.41. The van der Waals surface area contributed by atoms with Gasteiger partial charge in [0.25, 0.3) is 0 Å². The summed E-state index contributed by atoms with van der Waals surface area (Å²) in [5, 5.41) is 17.0. The normalized spacial score (nSPS) is 16.7. The second-order valence-corrected chi connectivity index (χ2v) is 10.6. The second kappa shape index (κ2) is 11.6. The van der Waals surface area contributed by atoms with Crippen molar-refractivity contribution in [2.24, 2.45) is 7.05 Å². The number of nitrogens with one attached hydrogen (secondary N) is 3. The molecule has 0 bridgehead atoms. The predicted molar refractivity (Wildman–Crippen MR) is 149 cm³/mol. The van der Waals surface area contributed by atoms with Crippen molar-refractivity contribution < 1.29 is 9.59 Å². The molecule has 11 nitrogen and oxygen atoms in total. The van der Waals surface area contributed by atoms with Gasteiger partial charge in [-0.15, -0.1) is 11.3 Å². The molecule has 0 saturated heterocycles. The summed E-state index contributed by atoms with van der Waals surface area (Å²) in [7, 11) is 1.92. The van der Waals surface area contributed by atoms with Crippen LogP contribution in [-0.4, -0.2) is 60.7 Å². The molecule has 4 aromatic heterocycles. The summed E-state index contributed by atoms with van der Waals surface area (Å²) in [4.78, 5) is 31.8. The van der Waals surface area contributed by atoms with Gasteiger partial charge in [-0.2, -0.15) is 10.2 Å². The van der Waals surface area contributed by atoms with Gasteiger partial charge in [-0.3, -0.25) is 24.2 Å². The molecule has 39 heavy (non-hydrogen) atoms. The van der Waals surface area contributed by atoms with Crippen molar-refractivity contribution in [1.82, 2.24) is 45.2 Å². The van der Waals surface area contributed by atoms with E-state index in [9.17, 15) is 9.59 Å². The highest BCUT2D eigenvalue weighted by molar-refractivity contribution is 7.20. The van der Waals surface area contributed by atoms with Gasteiger partial charge in [0.2, 0.25) is 12.3 Å². The Morgan fingerprint density at radius 3 is 2.92 bits per heavy atom. The third-order valence-corrected chi connectivity index (χ3v) is 7.81. The summed E-state index contributed by atoms with van der Waals surface area (Å²) in [5.41, 5.74) is 6.03. The van der Waals surface area contributed by atoms with Crippen molar-refractivity contribution in [2.75, 3.05) is 13.1 Å². The Hall–Kier alpha value is -4.29. The Balaban J connectivity index is 0.000000175. The first-order chi connectivity index (χ1) is 18.9. The average Bonchev–Trinajstić information content (AvgIpc) is 3.64. The summed E-state index contributed by atoms with van der Waals surface area (Å²) in [6.45, 7) is 5.88. The lowest BCUT2D eigenvalue weighted by Gasteiger charge is -2.27. The molecule has 4 aromatic rings. The Kier molecular flexibility index (Phi) is 7.84. The van der Waals surface area contributed by atoms with Crippen molar-refractivity contribution >= 4 is 28.5 Å². The van der Waals surface area contributed by atoms with Crippen molar-refractivity contribution in [2.45, 2.75) is 32.9 Å². The number of nitrogens with zero attached hydrogens (tertiary/aromatic N) is 6. The van der Waals surface area contributed by atoms with Crippen molar-refractivity contribution in [1.29, 1.82) is 0 Å². The van der Waals surface area contributed by atoms with E-state index in [1.54, 1.807) is 23.6 Å². The molecule has 0 fully saturated rings. The number of dihydropyridines is 1. The molecule has 6 heterocycles. The molecule has 6 rings (SSSR count). The van der Waals surface area contributed by atoms with Crippen molar-refractivity contribution in [3.8, 4) is 10.4 Å². The van der Waals surface area contributed by atoms with Crippen LogP contribution in [0.4, 0.5) is 0 Å². The molecule has 1 unspecified atom stereocenters. The molecule has 2 aliphatic rings. The number of hydrogen-bond acceptors (Lipinski definition) is 8. The van der Waals surface area contributed by atoms with Gasteiger partial charge >= 0.3 is 0 Å². The van der Waals surface area contributed by atoms with Crippen LogP contribution in [0.2, 0.25) is 0 Å². The van der Waals surface area contributed by atoms with Crippen molar-refractivity contribution in [3.63, 3.8) is 0 Å². The number of aryl methyl sites for hydroxylation is 2. The van der Waals surface area contributed by atoms with E-state index in [-0.39, 0.29) is 11.9 Å². The fourth-order valence-electron chi connectivity index (χ4n) is 4.49. The zero-order valence-corrected chi connectivity index (χ0v) is 22.9. The van der Waals surface area contributed by atoms with Crippen LogP contribution in [0.3, 0.4) is 0 Å². The Morgan fingerprint density at radius 1 is 1.28 bits per heavy atom. The van der Waals surface area contributed by atoms with Crippen LogP contribution in [-0.2, 0) is 29.6 Å². The van der Waals surface area contributed by atoms with Gasteiger partial charge in [0.1, 0.15) is 4.83 Å². The van der Waals surface area contributed by atoms with E-state index in [0.717, 1.165) is 36.5 Å². The SMILES string of the molecule is CC1NC=C(NC(=O)CN2CCc3ncccc3C2)C=C1NC=O.Cc1cnn2cc(-c3cnn(C)c3)sc12. The van der Waals surface area contributed by atoms with Gasteiger partial charge in [-0.05, 0) is 31.6 Å². The molecule has 0 saturated carbocycles. The third kappa shape index (κ3) is 6.24. The van der Waals surface area contributed by atoms with Crippen molar-refractivity contribution in [3.05, 3.63) is 83.6 Å². The molecule has 0 aliphatic carbocycles. The quantitative estimate of drug-likeness (QED) is 0.317. The molecule has 1 atom stereocenters. The number of amides is 2. The summed E-state index contributed by atoms with van der Waals surface area (Å²) in [6.07, 6.45) is 14.6. The summed E-state index contributed by atoms with van der Waals surface area (Å²) in [6, 6.07) is 3.98. The van der Waals surface area contributed by atoms with E-state index < -0.39 is 0 Å². The molecule has 0 aromatic carbocycles. The number of rotatable bonds is 6. The maximum absolute atomic E-state index is 12.3. The molecule has 0 spiro atoms. The molecule has 2 aliphatic heterocycles. The fraction of sp³-hybridized carbons (Fsp3) is 0.296. The second-order valence-electron chi connectivity index (χ2n) is 9.54. The standard InChI is InChI=1S/C17H21N5O2.C10H10N4S/c1-12-16(20-11-23)7-14(8-19-12)21-17(24)10-22-6-4-15-13(9-22)3-2-5-18-15;1-7-3-12-14-6-9(15-10(7)14)8-4-11-13(2)5-8/h2-3,5,7-8,11-12,19H,4,6,9-10H2,1H3,(H,20,23)(H,21,24);3-6H,1-2H3. The van der Waals surface area contributed by atoms with Gasteiger partial charge in [0.15, 0.2) is 0 Å². The van der Waals surface area contributed by atoms with Crippen LogP contribution < -0.4 is 16.0 Å².